The molecule has 2 aliphatic rings. The van der Waals surface area contributed by atoms with E-state index < -0.39 is 11.8 Å². The van der Waals surface area contributed by atoms with Crippen LogP contribution in [0.5, 0.6) is 0 Å². The number of nitrogens with one attached hydrogen (secondary N) is 1. The van der Waals surface area contributed by atoms with E-state index in [9.17, 15) is 9.59 Å². The SMILES string of the molecule is CC1CCC2(CC1)OC[C@@H](C(=O)NC(C)C)N2C(=O)C(C)C. The van der Waals surface area contributed by atoms with E-state index in [1.807, 2.05) is 27.7 Å². The Morgan fingerprint density at radius 2 is 1.77 bits per heavy atom. The monoisotopic (exact) mass is 310 g/mol. The summed E-state index contributed by atoms with van der Waals surface area (Å²) >= 11 is 0. The molecule has 2 fully saturated rings. The third-order valence-electron chi connectivity index (χ3n) is 4.78. The first kappa shape index (κ1) is 17.3. The van der Waals surface area contributed by atoms with Crippen LogP contribution in [-0.2, 0) is 14.3 Å². The molecular weight excluding hydrogens is 280 g/mol. The van der Waals surface area contributed by atoms with Crippen LogP contribution in [0.4, 0.5) is 0 Å². The van der Waals surface area contributed by atoms with Crippen molar-refractivity contribution in [3.8, 4) is 0 Å². The van der Waals surface area contributed by atoms with Gasteiger partial charge in [-0.3, -0.25) is 14.5 Å². The molecule has 5 heteroatoms. The van der Waals surface area contributed by atoms with E-state index in [-0.39, 0.29) is 23.8 Å². The molecule has 1 aliphatic heterocycles. The molecule has 1 saturated heterocycles. The van der Waals surface area contributed by atoms with E-state index in [1.54, 1.807) is 4.90 Å². The van der Waals surface area contributed by atoms with Gasteiger partial charge in [0.05, 0.1) is 6.61 Å². The Kier molecular flexibility index (Phi) is 5.15. The highest BCUT2D eigenvalue weighted by Crippen LogP contribution is 2.42. The number of ether oxygens (including phenoxy) is 1. The summed E-state index contributed by atoms with van der Waals surface area (Å²) in [7, 11) is 0. The largest absolute Gasteiger partial charge is 0.353 e. The Balaban J connectivity index is 2.25. The van der Waals surface area contributed by atoms with Crippen molar-refractivity contribution in [1.29, 1.82) is 0 Å². The van der Waals surface area contributed by atoms with Crippen molar-refractivity contribution in [2.45, 2.75) is 78.1 Å². The van der Waals surface area contributed by atoms with Crippen molar-refractivity contribution in [1.82, 2.24) is 10.2 Å². The topological polar surface area (TPSA) is 58.6 Å². The minimum Gasteiger partial charge on any atom is -0.353 e. The standard InChI is InChI=1S/C17H30N2O3/c1-11(2)16(21)19-14(15(20)18-12(3)4)10-22-17(19)8-6-13(5)7-9-17/h11-14H,6-10H2,1-5H3,(H,18,20)/t13?,14-,17?/m0/s1. The summed E-state index contributed by atoms with van der Waals surface area (Å²) in [5.74, 6) is 0.455. The van der Waals surface area contributed by atoms with Crippen LogP contribution in [0.1, 0.15) is 60.3 Å². The molecule has 2 rings (SSSR count). The Morgan fingerprint density at radius 3 is 2.27 bits per heavy atom. The van der Waals surface area contributed by atoms with Gasteiger partial charge in [0, 0.05) is 12.0 Å². The summed E-state index contributed by atoms with van der Waals surface area (Å²) in [5, 5.41) is 2.93. The fourth-order valence-corrected chi connectivity index (χ4v) is 3.47. The molecule has 1 saturated carbocycles. The lowest BCUT2D eigenvalue weighted by molar-refractivity contribution is -0.164. The van der Waals surface area contributed by atoms with E-state index in [2.05, 4.69) is 12.2 Å². The van der Waals surface area contributed by atoms with Gasteiger partial charge in [0.2, 0.25) is 11.8 Å². The number of nitrogens with zero attached hydrogens (tertiary/aromatic N) is 1. The Morgan fingerprint density at radius 1 is 1.18 bits per heavy atom. The van der Waals surface area contributed by atoms with Crippen LogP contribution in [-0.4, -0.2) is 41.1 Å². The van der Waals surface area contributed by atoms with Crippen molar-refractivity contribution < 1.29 is 14.3 Å². The van der Waals surface area contributed by atoms with Crippen LogP contribution in [0, 0.1) is 11.8 Å². The molecule has 1 spiro atoms. The first-order valence-electron chi connectivity index (χ1n) is 8.54. The highest BCUT2D eigenvalue weighted by molar-refractivity contribution is 5.89. The van der Waals surface area contributed by atoms with Crippen LogP contribution >= 0.6 is 0 Å². The maximum absolute atomic E-state index is 12.8. The van der Waals surface area contributed by atoms with Gasteiger partial charge in [-0.25, -0.2) is 0 Å². The second-order valence-corrected chi connectivity index (χ2v) is 7.48. The van der Waals surface area contributed by atoms with Gasteiger partial charge in [-0.2, -0.15) is 0 Å². The quantitative estimate of drug-likeness (QED) is 0.870. The molecule has 0 bridgehead atoms. The number of hydrogen-bond acceptors (Lipinski definition) is 3. The zero-order valence-corrected chi connectivity index (χ0v) is 14.5. The maximum atomic E-state index is 12.8. The van der Waals surface area contributed by atoms with E-state index in [0.717, 1.165) is 25.7 Å². The van der Waals surface area contributed by atoms with Gasteiger partial charge in [-0.1, -0.05) is 20.8 Å². The van der Waals surface area contributed by atoms with Crippen molar-refractivity contribution in [2.24, 2.45) is 11.8 Å². The molecular formula is C17H30N2O3. The lowest BCUT2D eigenvalue weighted by Crippen LogP contribution is -2.58. The van der Waals surface area contributed by atoms with Crippen LogP contribution in [0.2, 0.25) is 0 Å². The number of carbonyl (C=O) groups excluding carboxylic acids is 2. The molecule has 126 valence electrons. The normalized spacial score (nSPS) is 32.0. The Labute approximate surface area is 133 Å². The van der Waals surface area contributed by atoms with E-state index in [0.29, 0.717) is 12.5 Å². The lowest BCUT2D eigenvalue weighted by atomic mass is 9.83. The molecule has 5 nitrogen and oxygen atoms in total. The molecule has 0 aromatic rings. The number of carbonyl (C=O) groups is 2. The van der Waals surface area contributed by atoms with Gasteiger partial charge in [-0.15, -0.1) is 0 Å². The van der Waals surface area contributed by atoms with Gasteiger partial charge >= 0.3 is 0 Å². The fourth-order valence-electron chi connectivity index (χ4n) is 3.47. The van der Waals surface area contributed by atoms with Crippen LogP contribution in [0.3, 0.4) is 0 Å². The predicted molar refractivity (Wildman–Crippen MR) is 85.1 cm³/mol. The van der Waals surface area contributed by atoms with Crippen molar-refractivity contribution in [2.75, 3.05) is 6.61 Å². The molecule has 0 aromatic carbocycles. The van der Waals surface area contributed by atoms with Crippen molar-refractivity contribution in [3.63, 3.8) is 0 Å². The smallest absolute Gasteiger partial charge is 0.245 e. The van der Waals surface area contributed by atoms with Crippen molar-refractivity contribution >= 4 is 11.8 Å². The maximum Gasteiger partial charge on any atom is 0.245 e. The first-order chi connectivity index (χ1) is 10.3. The van der Waals surface area contributed by atoms with E-state index in [4.69, 9.17) is 4.74 Å². The number of hydrogen-bond donors (Lipinski definition) is 1. The van der Waals surface area contributed by atoms with Crippen LogP contribution < -0.4 is 5.32 Å². The van der Waals surface area contributed by atoms with Gasteiger partial charge in [0.25, 0.3) is 0 Å². The molecule has 1 heterocycles. The zero-order chi connectivity index (χ0) is 16.5. The average Bonchev–Trinajstić information content (AvgIpc) is 2.80. The fraction of sp³-hybridized carbons (Fsp3) is 0.882. The van der Waals surface area contributed by atoms with Gasteiger partial charge < -0.3 is 10.1 Å². The van der Waals surface area contributed by atoms with Gasteiger partial charge in [-0.05, 0) is 45.4 Å². The van der Waals surface area contributed by atoms with Crippen LogP contribution in [0.15, 0.2) is 0 Å². The molecule has 0 radical (unpaired) electrons. The third kappa shape index (κ3) is 3.29. The summed E-state index contributed by atoms with van der Waals surface area (Å²) < 4.78 is 6.07. The summed E-state index contributed by atoms with van der Waals surface area (Å²) in [5.41, 5.74) is -0.563. The highest BCUT2D eigenvalue weighted by Gasteiger charge is 2.53. The molecule has 2 amide bonds. The molecule has 22 heavy (non-hydrogen) atoms. The molecule has 1 atom stereocenters. The predicted octanol–water partition coefficient (Wildman–Crippen LogP) is 2.30. The summed E-state index contributed by atoms with van der Waals surface area (Å²) in [6, 6.07) is -0.433. The molecule has 0 aromatic heterocycles. The Bertz CT molecular complexity index is 426. The lowest BCUT2D eigenvalue weighted by Gasteiger charge is -2.43. The molecule has 1 aliphatic carbocycles. The first-order valence-corrected chi connectivity index (χ1v) is 8.54. The van der Waals surface area contributed by atoms with Crippen LogP contribution in [0.25, 0.3) is 0 Å². The van der Waals surface area contributed by atoms with Crippen molar-refractivity contribution in [3.05, 3.63) is 0 Å². The minimum absolute atomic E-state index is 0.0240. The van der Waals surface area contributed by atoms with Gasteiger partial charge in [0.15, 0.2) is 0 Å². The molecule has 1 N–H and O–H groups in total. The number of amides is 2. The second-order valence-electron chi connectivity index (χ2n) is 7.48. The van der Waals surface area contributed by atoms with Gasteiger partial charge in [0.1, 0.15) is 11.8 Å². The third-order valence-corrected chi connectivity index (χ3v) is 4.78. The average molecular weight is 310 g/mol. The zero-order valence-electron chi connectivity index (χ0n) is 14.5. The summed E-state index contributed by atoms with van der Waals surface area (Å²) in [6.07, 6.45) is 3.75. The summed E-state index contributed by atoms with van der Waals surface area (Å²) in [6.45, 7) is 10.2. The summed E-state index contributed by atoms with van der Waals surface area (Å²) in [4.78, 5) is 27.0. The Hall–Kier alpha value is -1.10. The molecule has 0 unspecified atom stereocenters. The van der Waals surface area contributed by atoms with E-state index >= 15 is 0 Å². The number of rotatable bonds is 3. The van der Waals surface area contributed by atoms with E-state index in [1.165, 1.54) is 0 Å². The highest BCUT2D eigenvalue weighted by atomic mass is 16.5. The minimum atomic E-state index is -0.563. The second kappa shape index (κ2) is 6.57.